The van der Waals surface area contributed by atoms with E-state index in [0.29, 0.717) is 18.2 Å². The molecule has 0 aliphatic heterocycles. The molecule has 3 aromatic rings. The van der Waals surface area contributed by atoms with Gasteiger partial charge in [-0.15, -0.1) is 0 Å². The molecule has 1 heterocycles. The highest BCUT2D eigenvalue weighted by Crippen LogP contribution is 2.23. The molecule has 0 aliphatic rings. The van der Waals surface area contributed by atoms with E-state index in [0.717, 1.165) is 22.4 Å². The maximum absolute atomic E-state index is 13.0. The van der Waals surface area contributed by atoms with Crippen molar-refractivity contribution >= 4 is 11.6 Å². The Hall–Kier alpha value is -2.99. The van der Waals surface area contributed by atoms with Gasteiger partial charge in [-0.25, -0.2) is 9.37 Å². The molecule has 146 valence electrons. The lowest BCUT2D eigenvalue weighted by Crippen LogP contribution is -2.30. The highest BCUT2D eigenvalue weighted by molar-refractivity contribution is 5.93. The molecule has 0 saturated carbocycles. The molecule has 0 spiro atoms. The number of halogens is 1. The number of anilines is 1. The number of hydrogen-bond donors (Lipinski definition) is 1. The summed E-state index contributed by atoms with van der Waals surface area (Å²) >= 11 is 0. The van der Waals surface area contributed by atoms with Gasteiger partial charge < -0.3 is 9.73 Å². The van der Waals surface area contributed by atoms with Crippen LogP contribution in [0.2, 0.25) is 0 Å². The average Bonchev–Trinajstić information content (AvgIpc) is 3.07. The van der Waals surface area contributed by atoms with Crippen LogP contribution >= 0.6 is 0 Å². The van der Waals surface area contributed by atoms with Crippen molar-refractivity contribution in [3.8, 4) is 11.3 Å². The van der Waals surface area contributed by atoms with Gasteiger partial charge in [0.1, 0.15) is 5.82 Å². The second-order valence-corrected chi connectivity index (χ2v) is 7.12. The van der Waals surface area contributed by atoms with Gasteiger partial charge >= 0.3 is 0 Å². The van der Waals surface area contributed by atoms with Crippen LogP contribution < -0.4 is 5.32 Å². The van der Waals surface area contributed by atoms with Crippen LogP contribution in [0.25, 0.3) is 11.3 Å². The molecule has 0 fully saturated rings. The molecule has 2 aromatic carbocycles. The molecule has 0 atom stereocenters. The number of nitrogens with one attached hydrogen (secondary N) is 1. The molecule has 0 radical (unpaired) electrons. The number of oxazole rings is 1. The van der Waals surface area contributed by atoms with Crippen LogP contribution in [0.5, 0.6) is 0 Å². The second kappa shape index (κ2) is 8.35. The monoisotopic (exact) mass is 381 g/mol. The van der Waals surface area contributed by atoms with Gasteiger partial charge in [0.2, 0.25) is 11.8 Å². The predicted octanol–water partition coefficient (Wildman–Crippen LogP) is 4.48. The van der Waals surface area contributed by atoms with Gasteiger partial charge in [-0.3, -0.25) is 9.69 Å². The van der Waals surface area contributed by atoms with Gasteiger partial charge in [-0.05, 0) is 63.2 Å². The maximum Gasteiger partial charge on any atom is 0.238 e. The van der Waals surface area contributed by atoms with E-state index in [9.17, 15) is 9.18 Å². The summed E-state index contributed by atoms with van der Waals surface area (Å²) in [6, 6.07) is 10.1. The van der Waals surface area contributed by atoms with E-state index in [-0.39, 0.29) is 18.3 Å². The molecular formula is C22H24FN3O2. The normalized spacial score (nSPS) is 11.1. The number of nitrogens with zero attached hydrogens (tertiary/aromatic N) is 2. The van der Waals surface area contributed by atoms with Crippen LogP contribution in [0.4, 0.5) is 10.1 Å². The fourth-order valence-electron chi connectivity index (χ4n) is 3.22. The first-order valence-electron chi connectivity index (χ1n) is 9.08. The molecular weight excluding hydrogens is 357 g/mol. The smallest absolute Gasteiger partial charge is 0.238 e. The quantitative estimate of drug-likeness (QED) is 0.684. The van der Waals surface area contributed by atoms with Crippen LogP contribution in [-0.4, -0.2) is 29.4 Å². The van der Waals surface area contributed by atoms with Gasteiger partial charge in [-0.2, -0.15) is 0 Å². The number of rotatable bonds is 6. The summed E-state index contributed by atoms with van der Waals surface area (Å²) in [5, 5.41) is 2.99. The summed E-state index contributed by atoms with van der Waals surface area (Å²) in [7, 11) is 1.83. The summed E-state index contributed by atoms with van der Waals surface area (Å²) < 4.78 is 18.8. The lowest BCUT2D eigenvalue weighted by molar-refractivity contribution is -0.117. The number of hydrogen-bond acceptors (Lipinski definition) is 4. The molecule has 1 N–H and O–H groups in total. The van der Waals surface area contributed by atoms with Crippen molar-refractivity contribution in [3.63, 3.8) is 0 Å². The predicted molar refractivity (Wildman–Crippen MR) is 108 cm³/mol. The zero-order valence-corrected chi connectivity index (χ0v) is 16.5. The summed E-state index contributed by atoms with van der Waals surface area (Å²) in [4.78, 5) is 18.5. The van der Waals surface area contributed by atoms with Crippen LogP contribution in [0.15, 0.2) is 47.0 Å². The standard InChI is InChI=1S/C22H24FN3O2/c1-14-9-15(2)22(16(3)10-14)25-20(27)12-26(4)13-21-24-11-19(28-21)17-5-7-18(23)8-6-17/h5-11H,12-13H2,1-4H3,(H,25,27). The summed E-state index contributed by atoms with van der Waals surface area (Å²) in [5.41, 5.74) is 4.88. The molecule has 28 heavy (non-hydrogen) atoms. The Kier molecular flexibility index (Phi) is 5.90. The minimum absolute atomic E-state index is 0.0946. The zero-order valence-electron chi connectivity index (χ0n) is 16.5. The average molecular weight is 381 g/mol. The third-order valence-corrected chi connectivity index (χ3v) is 4.44. The summed E-state index contributed by atoms with van der Waals surface area (Å²) in [5.74, 6) is 0.673. The summed E-state index contributed by atoms with van der Waals surface area (Å²) in [6.07, 6.45) is 1.61. The van der Waals surface area contributed by atoms with Crippen LogP contribution in [-0.2, 0) is 11.3 Å². The van der Waals surface area contributed by atoms with Crippen molar-refractivity contribution in [2.45, 2.75) is 27.3 Å². The van der Waals surface area contributed by atoms with Crippen molar-refractivity contribution < 1.29 is 13.6 Å². The van der Waals surface area contributed by atoms with Gasteiger partial charge in [0.15, 0.2) is 5.76 Å². The largest absolute Gasteiger partial charge is 0.439 e. The molecule has 1 amide bonds. The van der Waals surface area contributed by atoms with Crippen molar-refractivity contribution in [3.05, 3.63) is 71.0 Å². The van der Waals surface area contributed by atoms with E-state index in [1.165, 1.54) is 17.7 Å². The second-order valence-electron chi connectivity index (χ2n) is 7.12. The number of benzene rings is 2. The number of aromatic nitrogens is 1. The zero-order chi connectivity index (χ0) is 20.3. The van der Waals surface area contributed by atoms with E-state index < -0.39 is 0 Å². The molecule has 6 heteroatoms. The van der Waals surface area contributed by atoms with E-state index in [2.05, 4.69) is 22.4 Å². The maximum atomic E-state index is 13.0. The van der Waals surface area contributed by atoms with Gasteiger partial charge in [0, 0.05) is 11.3 Å². The SMILES string of the molecule is Cc1cc(C)c(NC(=O)CN(C)Cc2ncc(-c3ccc(F)cc3)o2)c(C)c1. The van der Waals surface area contributed by atoms with Gasteiger partial charge in [0.25, 0.3) is 0 Å². The number of carbonyl (C=O) groups excluding carboxylic acids is 1. The van der Waals surface area contributed by atoms with Gasteiger partial charge in [-0.1, -0.05) is 17.7 Å². The Labute approximate surface area is 164 Å². The van der Waals surface area contributed by atoms with E-state index in [1.54, 1.807) is 18.3 Å². The molecule has 0 unspecified atom stereocenters. The first kappa shape index (κ1) is 19.8. The third-order valence-electron chi connectivity index (χ3n) is 4.44. The Balaban J connectivity index is 1.59. The minimum Gasteiger partial charge on any atom is -0.439 e. The first-order chi connectivity index (χ1) is 13.3. The molecule has 0 aliphatic carbocycles. The first-order valence-corrected chi connectivity index (χ1v) is 9.08. The molecule has 1 aromatic heterocycles. The van der Waals surface area contributed by atoms with Crippen LogP contribution in [0.3, 0.4) is 0 Å². The number of carbonyl (C=O) groups is 1. The highest BCUT2D eigenvalue weighted by Gasteiger charge is 2.14. The number of likely N-dealkylation sites (N-methyl/N-ethyl adjacent to an activating group) is 1. The van der Waals surface area contributed by atoms with Crippen LogP contribution in [0.1, 0.15) is 22.6 Å². The molecule has 3 rings (SSSR count). The van der Waals surface area contributed by atoms with Crippen molar-refractivity contribution in [2.24, 2.45) is 0 Å². The lowest BCUT2D eigenvalue weighted by atomic mass is 10.1. The lowest BCUT2D eigenvalue weighted by Gasteiger charge is -2.17. The van der Waals surface area contributed by atoms with Gasteiger partial charge in [0.05, 0.1) is 19.3 Å². The number of aryl methyl sites for hydroxylation is 3. The fraction of sp³-hybridized carbons (Fsp3) is 0.273. The Morgan fingerprint density at radius 1 is 1.14 bits per heavy atom. The van der Waals surface area contributed by atoms with E-state index in [1.807, 2.05) is 32.7 Å². The van der Waals surface area contributed by atoms with Crippen LogP contribution in [0, 0.1) is 26.6 Å². The minimum atomic E-state index is -0.298. The van der Waals surface area contributed by atoms with E-state index >= 15 is 0 Å². The topological polar surface area (TPSA) is 58.4 Å². The van der Waals surface area contributed by atoms with Crippen molar-refractivity contribution in [1.82, 2.24) is 9.88 Å². The Morgan fingerprint density at radius 3 is 2.43 bits per heavy atom. The number of amides is 1. The molecule has 5 nitrogen and oxygen atoms in total. The van der Waals surface area contributed by atoms with E-state index in [4.69, 9.17) is 4.42 Å². The van der Waals surface area contributed by atoms with Crippen molar-refractivity contribution in [2.75, 3.05) is 18.9 Å². The van der Waals surface area contributed by atoms with Crippen molar-refractivity contribution in [1.29, 1.82) is 0 Å². The highest BCUT2D eigenvalue weighted by atomic mass is 19.1. The fourth-order valence-corrected chi connectivity index (χ4v) is 3.22. The Morgan fingerprint density at radius 2 is 1.79 bits per heavy atom. The summed E-state index contributed by atoms with van der Waals surface area (Å²) in [6.45, 7) is 6.61. The molecule has 0 bridgehead atoms. The molecule has 0 saturated heterocycles. The third kappa shape index (κ3) is 4.84. The Bertz CT molecular complexity index is 957.